The highest BCUT2D eigenvalue weighted by atomic mass is 16.3. The minimum Gasteiger partial charge on any atom is -0.503 e. The summed E-state index contributed by atoms with van der Waals surface area (Å²) in [5.74, 6) is -1.10. The molecule has 1 amide bonds. The Morgan fingerprint density at radius 3 is 2.21 bits per heavy atom. The Kier molecular flexibility index (Phi) is 5.63. The molecular formula is C23H26N2O3. The molecule has 1 aromatic heterocycles. The van der Waals surface area contributed by atoms with Crippen molar-refractivity contribution in [1.29, 1.82) is 0 Å². The van der Waals surface area contributed by atoms with Crippen LogP contribution in [0.3, 0.4) is 0 Å². The molecule has 0 aliphatic carbocycles. The Hall–Kier alpha value is -2.95. The summed E-state index contributed by atoms with van der Waals surface area (Å²) in [7, 11) is 0. The molecule has 0 radical (unpaired) electrons. The zero-order valence-corrected chi connectivity index (χ0v) is 16.7. The molecule has 1 N–H and O–H groups in total. The number of rotatable bonds is 6. The van der Waals surface area contributed by atoms with Gasteiger partial charge in [0, 0.05) is 24.9 Å². The fourth-order valence-corrected chi connectivity index (χ4v) is 3.47. The Labute approximate surface area is 165 Å². The maximum Gasteiger partial charge on any atom is 0.290 e. The van der Waals surface area contributed by atoms with E-state index in [0.29, 0.717) is 5.92 Å². The molecule has 1 atom stereocenters. The van der Waals surface area contributed by atoms with Crippen LogP contribution >= 0.6 is 0 Å². The number of aromatic nitrogens is 1. The van der Waals surface area contributed by atoms with E-state index >= 15 is 0 Å². The van der Waals surface area contributed by atoms with Gasteiger partial charge in [0.2, 0.25) is 0 Å². The number of nitrogens with zero attached hydrogens (tertiary/aromatic N) is 2. The summed E-state index contributed by atoms with van der Waals surface area (Å²) in [4.78, 5) is 31.3. The minimum atomic E-state index is -0.600. The van der Waals surface area contributed by atoms with E-state index in [0.717, 1.165) is 11.1 Å². The van der Waals surface area contributed by atoms with Gasteiger partial charge in [-0.2, -0.15) is 0 Å². The van der Waals surface area contributed by atoms with Gasteiger partial charge in [-0.3, -0.25) is 14.6 Å². The number of benzene rings is 1. The first-order valence-electron chi connectivity index (χ1n) is 9.58. The molecule has 0 fully saturated rings. The number of carbonyl (C=O) groups excluding carboxylic acids is 2. The van der Waals surface area contributed by atoms with Crippen molar-refractivity contribution in [1.82, 2.24) is 9.88 Å². The van der Waals surface area contributed by atoms with E-state index < -0.39 is 17.7 Å². The lowest BCUT2D eigenvalue weighted by Gasteiger charge is -2.27. The molecule has 1 aromatic carbocycles. The van der Waals surface area contributed by atoms with E-state index in [1.807, 2.05) is 36.4 Å². The fourth-order valence-electron chi connectivity index (χ4n) is 3.47. The number of Topliss-reactive ketones (excluding diaryl/α,β-unsaturated/α-hetero) is 1. The van der Waals surface area contributed by atoms with Crippen molar-refractivity contribution >= 4 is 11.7 Å². The predicted molar refractivity (Wildman–Crippen MR) is 108 cm³/mol. The van der Waals surface area contributed by atoms with Crippen LogP contribution in [0.25, 0.3) is 0 Å². The molecule has 3 rings (SSSR count). The average molecular weight is 378 g/mol. The zero-order chi connectivity index (χ0) is 20.4. The smallest absolute Gasteiger partial charge is 0.290 e. The van der Waals surface area contributed by atoms with Crippen LogP contribution in [-0.2, 0) is 16.1 Å². The molecule has 1 aliphatic heterocycles. The third-order valence-electron chi connectivity index (χ3n) is 5.11. The summed E-state index contributed by atoms with van der Waals surface area (Å²) in [5, 5.41) is 10.6. The number of hydrogen-bond acceptors (Lipinski definition) is 4. The molecule has 0 saturated heterocycles. The van der Waals surface area contributed by atoms with Crippen molar-refractivity contribution in [3.63, 3.8) is 0 Å². The number of aliphatic hydroxyl groups is 1. The first-order valence-corrected chi connectivity index (χ1v) is 9.58. The second kappa shape index (κ2) is 7.97. The van der Waals surface area contributed by atoms with Gasteiger partial charge in [-0.25, -0.2) is 0 Å². The Bertz CT molecular complexity index is 899. The van der Waals surface area contributed by atoms with Crippen LogP contribution in [0.2, 0.25) is 0 Å². The lowest BCUT2D eigenvalue weighted by atomic mass is 9.90. The van der Waals surface area contributed by atoms with Gasteiger partial charge in [-0.15, -0.1) is 0 Å². The Morgan fingerprint density at radius 2 is 1.68 bits per heavy atom. The summed E-state index contributed by atoms with van der Waals surface area (Å²) >= 11 is 0. The van der Waals surface area contributed by atoms with Gasteiger partial charge in [-0.05, 0) is 34.7 Å². The molecule has 1 aliphatic rings. The molecule has 146 valence electrons. The maximum atomic E-state index is 12.9. The van der Waals surface area contributed by atoms with Gasteiger partial charge in [0.25, 0.3) is 5.91 Å². The van der Waals surface area contributed by atoms with Crippen LogP contribution in [0.4, 0.5) is 0 Å². The number of aliphatic hydroxyl groups excluding tert-OH is 1. The molecule has 1 unspecified atom stereocenters. The van der Waals surface area contributed by atoms with Crippen LogP contribution in [0.5, 0.6) is 0 Å². The largest absolute Gasteiger partial charge is 0.503 e. The highest BCUT2D eigenvalue weighted by Gasteiger charge is 2.43. The number of hydrogen-bond donors (Lipinski definition) is 1. The normalized spacial score (nSPS) is 17.1. The molecule has 2 aromatic rings. The van der Waals surface area contributed by atoms with Crippen molar-refractivity contribution in [3.05, 3.63) is 76.8 Å². The molecular weight excluding hydrogens is 352 g/mol. The third-order valence-corrected chi connectivity index (χ3v) is 5.11. The molecule has 28 heavy (non-hydrogen) atoms. The molecule has 5 nitrogen and oxygen atoms in total. The van der Waals surface area contributed by atoms with E-state index in [1.54, 1.807) is 31.1 Å². The van der Waals surface area contributed by atoms with E-state index in [4.69, 9.17) is 0 Å². The number of carbonyl (C=O) groups is 2. The van der Waals surface area contributed by atoms with E-state index in [-0.39, 0.29) is 23.8 Å². The lowest BCUT2D eigenvalue weighted by molar-refractivity contribution is -0.130. The number of pyridine rings is 1. The molecule has 2 heterocycles. The van der Waals surface area contributed by atoms with Gasteiger partial charge in [0.05, 0.1) is 11.6 Å². The lowest BCUT2D eigenvalue weighted by Crippen LogP contribution is -2.31. The Balaban J connectivity index is 2.06. The minimum absolute atomic E-state index is 0.186. The number of amides is 1. The summed E-state index contributed by atoms with van der Waals surface area (Å²) in [6.07, 6.45) is 3.32. The molecule has 0 spiro atoms. The zero-order valence-electron chi connectivity index (χ0n) is 16.7. The molecule has 0 saturated carbocycles. The SMILES string of the molecule is CC(C)C(=O)C1=C(O)C(=O)N(Cc2ccncc2)C1c1ccc(C(C)C)cc1. The van der Waals surface area contributed by atoms with Gasteiger partial charge in [0.15, 0.2) is 11.5 Å². The van der Waals surface area contributed by atoms with Crippen molar-refractivity contribution in [3.8, 4) is 0 Å². The van der Waals surface area contributed by atoms with E-state index in [2.05, 4.69) is 18.8 Å². The summed E-state index contributed by atoms with van der Waals surface area (Å²) in [5.41, 5.74) is 3.07. The average Bonchev–Trinajstić information content (AvgIpc) is 2.93. The predicted octanol–water partition coefficient (Wildman–Crippen LogP) is 4.33. The topological polar surface area (TPSA) is 70.5 Å². The molecule has 0 bridgehead atoms. The van der Waals surface area contributed by atoms with Gasteiger partial charge >= 0.3 is 0 Å². The van der Waals surface area contributed by atoms with Crippen molar-refractivity contribution in [2.24, 2.45) is 5.92 Å². The summed E-state index contributed by atoms with van der Waals surface area (Å²) in [6, 6.07) is 11.0. The van der Waals surface area contributed by atoms with Crippen LogP contribution < -0.4 is 0 Å². The van der Waals surface area contributed by atoms with Crippen LogP contribution in [0.15, 0.2) is 60.1 Å². The van der Waals surface area contributed by atoms with Crippen molar-refractivity contribution in [2.45, 2.75) is 46.2 Å². The van der Waals surface area contributed by atoms with Crippen LogP contribution in [-0.4, -0.2) is 26.7 Å². The van der Waals surface area contributed by atoms with Crippen LogP contribution in [0, 0.1) is 5.92 Å². The maximum absolute atomic E-state index is 12.9. The second-order valence-electron chi connectivity index (χ2n) is 7.79. The van der Waals surface area contributed by atoms with Crippen molar-refractivity contribution < 1.29 is 14.7 Å². The highest BCUT2D eigenvalue weighted by molar-refractivity contribution is 6.09. The summed E-state index contributed by atoms with van der Waals surface area (Å²) in [6.45, 7) is 8.07. The first-order chi connectivity index (χ1) is 13.3. The highest BCUT2D eigenvalue weighted by Crippen LogP contribution is 2.40. The Morgan fingerprint density at radius 1 is 1.07 bits per heavy atom. The van der Waals surface area contributed by atoms with E-state index in [9.17, 15) is 14.7 Å². The fraction of sp³-hybridized carbons (Fsp3) is 0.348. The monoisotopic (exact) mass is 378 g/mol. The van der Waals surface area contributed by atoms with Gasteiger partial charge in [-0.1, -0.05) is 52.0 Å². The van der Waals surface area contributed by atoms with Gasteiger partial charge < -0.3 is 10.0 Å². The molecule has 5 heteroatoms. The summed E-state index contributed by atoms with van der Waals surface area (Å²) < 4.78 is 0. The third kappa shape index (κ3) is 3.70. The number of ketones is 1. The van der Waals surface area contributed by atoms with Crippen molar-refractivity contribution in [2.75, 3.05) is 0 Å². The quantitative estimate of drug-likeness (QED) is 0.812. The standard InChI is InChI=1S/C23H26N2O3/c1-14(2)17-5-7-18(8-6-17)20-19(21(26)15(3)4)22(27)23(28)25(20)13-16-9-11-24-12-10-16/h5-12,14-15,20,27H,13H2,1-4H3. The first kappa shape index (κ1) is 19.8. The van der Waals surface area contributed by atoms with Gasteiger partial charge in [0.1, 0.15) is 0 Å². The van der Waals surface area contributed by atoms with E-state index in [1.165, 1.54) is 5.56 Å². The second-order valence-corrected chi connectivity index (χ2v) is 7.79. The van der Waals surface area contributed by atoms with Crippen LogP contribution in [0.1, 0.15) is 56.3 Å².